The fraction of sp³-hybridized carbons (Fsp3) is 0.833. The molecule has 1 N–H and O–H groups in total. The molecule has 1 aliphatic carbocycles. The van der Waals surface area contributed by atoms with Crippen molar-refractivity contribution in [2.45, 2.75) is 32.1 Å². The summed E-state index contributed by atoms with van der Waals surface area (Å²) in [6, 6.07) is 0. The zero-order valence-corrected chi connectivity index (χ0v) is 9.35. The van der Waals surface area contributed by atoms with E-state index in [1.165, 1.54) is 32.1 Å². The van der Waals surface area contributed by atoms with Crippen LogP contribution in [0, 0.1) is 5.92 Å². The summed E-state index contributed by atoms with van der Waals surface area (Å²) in [5.41, 5.74) is 1.14. The monoisotopic (exact) mass is 197 g/mol. The van der Waals surface area contributed by atoms with E-state index in [2.05, 4.69) is 11.9 Å². The lowest BCUT2D eigenvalue weighted by Crippen LogP contribution is -2.17. The third-order valence-corrected chi connectivity index (χ3v) is 2.81. The molecular formula is C12H23NO. The minimum absolute atomic E-state index is 0.720. The van der Waals surface area contributed by atoms with E-state index in [0.717, 1.165) is 31.2 Å². The van der Waals surface area contributed by atoms with Gasteiger partial charge in [0, 0.05) is 13.2 Å². The van der Waals surface area contributed by atoms with Gasteiger partial charge in [-0.25, -0.2) is 0 Å². The van der Waals surface area contributed by atoms with Crippen molar-refractivity contribution >= 4 is 0 Å². The molecule has 1 aliphatic rings. The normalized spacial score (nSPS) is 18.4. The van der Waals surface area contributed by atoms with Gasteiger partial charge in [-0.05, 0) is 31.4 Å². The molecule has 0 heterocycles. The van der Waals surface area contributed by atoms with Crippen molar-refractivity contribution in [2.24, 2.45) is 5.92 Å². The number of hydrogen-bond acceptors (Lipinski definition) is 2. The molecule has 0 spiro atoms. The number of hydrogen-bond donors (Lipinski definition) is 1. The molecule has 2 heteroatoms. The Morgan fingerprint density at radius 1 is 1.36 bits per heavy atom. The largest absolute Gasteiger partial charge is 0.377 e. The molecule has 1 rings (SSSR count). The third-order valence-electron chi connectivity index (χ3n) is 2.81. The maximum absolute atomic E-state index is 5.65. The van der Waals surface area contributed by atoms with Crippen molar-refractivity contribution in [1.82, 2.24) is 5.32 Å². The average Bonchev–Trinajstić information content (AvgIpc) is 2.20. The quantitative estimate of drug-likeness (QED) is 0.660. The molecule has 1 saturated carbocycles. The Balaban J connectivity index is 1.99. The molecule has 14 heavy (non-hydrogen) atoms. The first-order valence-electron chi connectivity index (χ1n) is 5.72. The first-order valence-corrected chi connectivity index (χ1v) is 5.72. The van der Waals surface area contributed by atoms with Crippen LogP contribution in [0.1, 0.15) is 32.1 Å². The van der Waals surface area contributed by atoms with Crippen LogP contribution in [0.5, 0.6) is 0 Å². The van der Waals surface area contributed by atoms with E-state index in [1.54, 1.807) is 0 Å². The van der Waals surface area contributed by atoms with E-state index in [-0.39, 0.29) is 0 Å². The molecule has 0 aromatic heterocycles. The number of nitrogens with one attached hydrogen (secondary N) is 1. The van der Waals surface area contributed by atoms with Crippen molar-refractivity contribution in [3.05, 3.63) is 12.2 Å². The second-order valence-corrected chi connectivity index (χ2v) is 4.30. The predicted molar refractivity (Wildman–Crippen MR) is 60.5 cm³/mol. The Bertz CT molecular complexity index is 162. The fourth-order valence-corrected chi connectivity index (χ4v) is 2.02. The topological polar surface area (TPSA) is 21.3 Å². The molecule has 0 amide bonds. The van der Waals surface area contributed by atoms with Crippen molar-refractivity contribution in [3.8, 4) is 0 Å². The summed E-state index contributed by atoms with van der Waals surface area (Å²) in [4.78, 5) is 0. The summed E-state index contributed by atoms with van der Waals surface area (Å²) in [5, 5.41) is 3.08. The van der Waals surface area contributed by atoms with Gasteiger partial charge in [0.25, 0.3) is 0 Å². The lowest BCUT2D eigenvalue weighted by molar-refractivity contribution is 0.101. The highest BCUT2D eigenvalue weighted by Gasteiger charge is 2.13. The van der Waals surface area contributed by atoms with Crippen LogP contribution in [0.4, 0.5) is 0 Å². The average molecular weight is 197 g/mol. The Kier molecular flexibility index (Phi) is 5.88. The van der Waals surface area contributed by atoms with E-state index in [1.807, 2.05) is 7.05 Å². The molecule has 0 atom stereocenters. The molecule has 0 radical (unpaired) electrons. The van der Waals surface area contributed by atoms with Gasteiger partial charge in [0.1, 0.15) is 0 Å². The second kappa shape index (κ2) is 7.02. The van der Waals surface area contributed by atoms with Crippen molar-refractivity contribution in [3.63, 3.8) is 0 Å². The van der Waals surface area contributed by atoms with Gasteiger partial charge >= 0.3 is 0 Å². The van der Waals surface area contributed by atoms with E-state index in [4.69, 9.17) is 4.74 Å². The van der Waals surface area contributed by atoms with Crippen LogP contribution in [-0.2, 0) is 4.74 Å². The molecule has 0 aliphatic heterocycles. The zero-order valence-electron chi connectivity index (χ0n) is 9.35. The smallest absolute Gasteiger partial charge is 0.0686 e. The number of ether oxygens (including phenoxy) is 1. The van der Waals surface area contributed by atoms with Crippen LogP contribution in [0.15, 0.2) is 12.2 Å². The Morgan fingerprint density at radius 3 is 2.71 bits per heavy atom. The van der Waals surface area contributed by atoms with Crippen molar-refractivity contribution in [2.75, 3.05) is 26.8 Å². The summed E-state index contributed by atoms with van der Waals surface area (Å²) >= 11 is 0. The minimum atomic E-state index is 0.720. The fourth-order valence-electron chi connectivity index (χ4n) is 2.02. The molecule has 82 valence electrons. The standard InChI is InChI=1S/C12H23NO/c1-11(8-13-2)9-14-10-12-6-4-3-5-7-12/h12-13H,1,3-10H2,2H3. The van der Waals surface area contributed by atoms with Gasteiger partial charge in [0.15, 0.2) is 0 Å². The molecule has 1 fully saturated rings. The molecule has 0 aromatic carbocycles. The summed E-state index contributed by atoms with van der Waals surface area (Å²) in [5.74, 6) is 0.811. The molecule has 0 aromatic rings. The Labute approximate surface area is 87.7 Å². The van der Waals surface area contributed by atoms with Crippen LogP contribution in [-0.4, -0.2) is 26.8 Å². The zero-order chi connectivity index (χ0) is 10.2. The number of rotatable bonds is 6. The number of likely N-dealkylation sites (N-methyl/N-ethyl adjacent to an activating group) is 1. The predicted octanol–water partition coefficient (Wildman–Crippen LogP) is 2.36. The van der Waals surface area contributed by atoms with Crippen LogP contribution >= 0.6 is 0 Å². The van der Waals surface area contributed by atoms with Crippen LogP contribution in [0.2, 0.25) is 0 Å². The van der Waals surface area contributed by atoms with Crippen molar-refractivity contribution in [1.29, 1.82) is 0 Å². The van der Waals surface area contributed by atoms with Gasteiger partial charge < -0.3 is 10.1 Å². The third kappa shape index (κ3) is 4.77. The summed E-state index contributed by atoms with van der Waals surface area (Å²) in [6.45, 7) is 6.46. The summed E-state index contributed by atoms with van der Waals surface area (Å²) in [6.07, 6.45) is 6.93. The summed E-state index contributed by atoms with van der Waals surface area (Å²) < 4.78 is 5.65. The van der Waals surface area contributed by atoms with Crippen molar-refractivity contribution < 1.29 is 4.74 Å². The van der Waals surface area contributed by atoms with Gasteiger partial charge in [-0.2, -0.15) is 0 Å². The van der Waals surface area contributed by atoms with Gasteiger partial charge in [0.05, 0.1) is 6.61 Å². The van der Waals surface area contributed by atoms with E-state index >= 15 is 0 Å². The van der Waals surface area contributed by atoms with Crippen LogP contribution < -0.4 is 5.32 Å². The molecular weight excluding hydrogens is 174 g/mol. The van der Waals surface area contributed by atoms with Crippen LogP contribution in [0.25, 0.3) is 0 Å². The highest BCUT2D eigenvalue weighted by molar-refractivity contribution is 4.96. The second-order valence-electron chi connectivity index (χ2n) is 4.30. The van der Waals surface area contributed by atoms with Gasteiger partial charge in [-0.1, -0.05) is 25.8 Å². The highest BCUT2D eigenvalue weighted by atomic mass is 16.5. The molecule has 0 saturated heterocycles. The minimum Gasteiger partial charge on any atom is -0.377 e. The van der Waals surface area contributed by atoms with Gasteiger partial charge in [-0.3, -0.25) is 0 Å². The summed E-state index contributed by atoms with van der Waals surface area (Å²) in [7, 11) is 1.94. The maximum Gasteiger partial charge on any atom is 0.0686 e. The molecule has 0 bridgehead atoms. The van der Waals surface area contributed by atoms with Crippen LogP contribution in [0.3, 0.4) is 0 Å². The van der Waals surface area contributed by atoms with E-state index in [9.17, 15) is 0 Å². The van der Waals surface area contributed by atoms with E-state index in [0.29, 0.717) is 0 Å². The Hall–Kier alpha value is -0.340. The van der Waals surface area contributed by atoms with Gasteiger partial charge in [0.2, 0.25) is 0 Å². The maximum atomic E-state index is 5.65. The SMILES string of the molecule is C=C(CNC)COCC1CCCCC1. The van der Waals surface area contributed by atoms with E-state index < -0.39 is 0 Å². The first kappa shape index (κ1) is 11.7. The van der Waals surface area contributed by atoms with Gasteiger partial charge in [-0.15, -0.1) is 0 Å². The molecule has 2 nitrogen and oxygen atoms in total. The first-order chi connectivity index (χ1) is 6.83. The lowest BCUT2D eigenvalue weighted by Gasteiger charge is -2.21. The molecule has 0 unspecified atom stereocenters. The Morgan fingerprint density at radius 2 is 2.07 bits per heavy atom. The highest BCUT2D eigenvalue weighted by Crippen LogP contribution is 2.23. The lowest BCUT2D eigenvalue weighted by atomic mass is 9.90.